The molecule has 0 amide bonds. The van der Waals surface area contributed by atoms with Gasteiger partial charge in [0, 0.05) is 31.1 Å². The number of para-hydroxylation sites is 1. The van der Waals surface area contributed by atoms with Gasteiger partial charge in [0.05, 0.1) is 6.20 Å². The Balaban J connectivity index is 1.24. The van der Waals surface area contributed by atoms with E-state index in [1.165, 1.54) is 24.8 Å². The molecule has 7 nitrogen and oxygen atoms in total. The number of nitriles is 1. The van der Waals surface area contributed by atoms with Gasteiger partial charge >= 0.3 is 0 Å². The summed E-state index contributed by atoms with van der Waals surface area (Å²) in [6.07, 6.45) is 8.66. The minimum atomic E-state index is -0.179. The second kappa shape index (κ2) is 8.83. The molecule has 1 aliphatic heterocycles. The van der Waals surface area contributed by atoms with Crippen molar-refractivity contribution in [2.45, 2.75) is 70.6 Å². The Kier molecular flexibility index (Phi) is 5.88. The van der Waals surface area contributed by atoms with Crippen LogP contribution in [-0.4, -0.2) is 28.2 Å². The van der Waals surface area contributed by atoms with Crippen LogP contribution in [0.4, 0.5) is 11.8 Å². The topological polar surface area (TPSA) is 109 Å². The Morgan fingerprint density at radius 3 is 2.76 bits per heavy atom. The summed E-state index contributed by atoms with van der Waals surface area (Å²) in [5.41, 5.74) is 9.06. The zero-order valence-corrected chi connectivity index (χ0v) is 19.6. The van der Waals surface area contributed by atoms with E-state index in [1.54, 1.807) is 6.20 Å². The van der Waals surface area contributed by atoms with Gasteiger partial charge in [-0.25, -0.2) is 4.98 Å². The van der Waals surface area contributed by atoms with Crippen LogP contribution in [0.1, 0.15) is 62.6 Å². The molecule has 0 radical (unpaired) electrons. The molecule has 2 bridgehead atoms. The zero-order chi connectivity index (χ0) is 23.0. The third-order valence-corrected chi connectivity index (χ3v) is 7.59. The Labute approximate surface area is 196 Å². The summed E-state index contributed by atoms with van der Waals surface area (Å²) in [4.78, 5) is 8.99. The first kappa shape index (κ1) is 22.0. The molecule has 7 heteroatoms. The van der Waals surface area contributed by atoms with E-state index in [0.29, 0.717) is 47.7 Å². The van der Waals surface area contributed by atoms with Crippen molar-refractivity contribution >= 4 is 11.8 Å². The van der Waals surface area contributed by atoms with Gasteiger partial charge < -0.3 is 21.1 Å². The van der Waals surface area contributed by atoms with Crippen LogP contribution in [-0.2, 0) is 13.0 Å². The Morgan fingerprint density at radius 2 is 2.00 bits per heavy atom. The van der Waals surface area contributed by atoms with E-state index < -0.39 is 0 Å². The molecule has 1 aromatic heterocycles. The molecule has 4 atom stereocenters. The number of hydrogen-bond donors (Lipinski definition) is 3. The van der Waals surface area contributed by atoms with Crippen LogP contribution in [0.15, 0.2) is 24.4 Å². The Bertz CT molecular complexity index is 1050. The number of nitrogens with zero attached hydrogens (tertiary/aromatic N) is 3. The SMILES string of the molecule is CC1(C)Cc2cccc(CNc3ncc(C#N)c(NCC4C[C@H]5CCC[C@@H](C4)[C@@H]5N)n3)c2O1. The highest BCUT2D eigenvalue weighted by atomic mass is 16.5. The third kappa shape index (κ3) is 4.63. The summed E-state index contributed by atoms with van der Waals surface area (Å²) >= 11 is 0. The van der Waals surface area contributed by atoms with E-state index >= 15 is 0 Å². The van der Waals surface area contributed by atoms with Crippen LogP contribution >= 0.6 is 0 Å². The lowest BCUT2D eigenvalue weighted by molar-refractivity contribution is 0.112. The van der Waals surface area contributed by atoms with Crippen molar-refractivity contribution in [3.63, 3.8) is 0 Å². The van der Waals surface area contributed by atoms with E-state index in [9.17, 15) is 5.26 Å². The zero-order valence-electron chi connectivity index (χ0n) is 19.6. The van der Waals surface area contributed by atoms with Crippen molar-refractivity contribution in [2.24, 2.45) is 23.5 Å². The first-order valence-electron chi connectivity index (χ1n) is 12.2. The van der Waals surface area contributed by atoms with Gasteiger partial charge in [0.15, 0.2) is 0 Å². The number of nitrogens with one attached hydrogen (secondary N) is 2. The normalized spacial score (nSPS) is 27.2. The predicted molar refractivity (Wildman–Crippen MR) is 129 cm³/mol. The van der Waals surface area contributed by atoms with Gasteiger partial charge in [-0.3, -0.25) is 0 Å². The van der Waals surface area contributed by atoms with Gasteiger partial charge in [0.2, 0.25) is 5.95 Å². The fourth-order valence-corrected chi connectivity index (χ4v) is 6.00. The lowest BCUT2D eigenvalue weighted by Crippen LogP contribution is -2.47. The molecule has 4 N–H and O–H groups in total. The van der Waals surface area contributed by atoms with Gasteiger partial charge in [-0.2, -0.15) is 10.2 Å². The van der Waals surface area contributed by atoms with Gasteiger partial charge in [-0.05, 0) is 62.8 Å². The molecule has 2 aromatic rings. The minimum absolute atomic E-state index is 0.179. The number of hydrogen-bond acceptors (Lipinski definition) is 7. The summed E-state index contributed by atoms with van der Waals surface area (Å²) < 4.78 is 6.17. The van der Waals surface area contributed by atoms with Gasteiger partial charge in [-0.15, -0.1) is 0 Å². The van der Waals surface area contributed by atoms with Crippen molar-refractivity contribution in [2.75, 3.05) is 17.2 Å². The fraction of sp³-hybridized carbons (Fsp3) is 0.577. The number of benzene rings is 1. The molecule has 33 heavy (non-hydrogen) atoms. The van der Waals surface area contributed by atoms with Crippen molar-refractivity contribution in [3.05, 3.63) is 41.1 Å². The Morgan fingerprint density at radius 1 is 1.21 bits per heavy atom. The number of fused-ring (bicyclic) bond motifs is 3. The smallest absolute Gasteiger partial charge is 0.224 e. The molecule has 2 aliphatic carbocycles. The van der Waals surface area contributed by atoms with Gasteiger partial charge in [-0.1, -0.05) is 24.6 Å². The molecular weight excluding hydrogens is 412 g/mol. The van der Waals surface area contributed by atoms with Crippen LogP contribution < -0.4 is 21.1 Å². The molecule has 2 fully saturated rings. The van der Waals surface area contributed by atoms with Crippen molar-refractivity contribution in [3.8, 4) is 11.8 Å². The lowest BCUT2D eigenvalue weighted by Gasteiger charge is -2.44. The minimum Gasteiger partial charge on any atom is -0.487 e. The van der Waals surface area contributed by atoms with Crippen molar-refractivity contribution < 1.29 is 4.74 Å². The number of ether oxygens (including phenoxy) is 1. The largest absolute Gasteiger partial charge is 0.487 e. The van der Waals surface area contributed by atoms with E-state index in [4.69, 9.17) is 10.5 Å². The molecule has 174 valence electrons. The molecule has 1 unspecified atom stereocenters. The maximum atomic E-state index is 9.55. The average molecular weight is 447 g/mol. The quantitative estimate of drug-likeness (QED) is 0.609. The number of aromatic nitrogens is 2. The van der Waals surface area contributed by atoms with Crippen LogP contribution in [0.3, 0.4) is 0 Å². The highest BCUT2D eigenvalue weighted by Gasteiger charge is 2.38. The second-order valence-corrected chi connectivity index (χ2v) is 10.6. The molecule has 1 aromatic carbocycles. The molecule has 0 saturated heterocycles. The highest BCUT2D eigenvalue weighted by Crippen LogP contribution is 2.42. The van der Waals surface area contributed by atoms with Crippen LogP contribution in [0.5, 0.6) is 5.75 Å². The van der Waals surface area contributed by atoms with E-state index in [0.717, 1.165) is 37.1 Å². The summed E-state index contributed by atoms with van der Waals surface area (Å²) in [5, 5.41) is 16.3. The first-order valence-corrected chi connectivity index (χ1v) is 12.2. The second-order valence-electron chi connectivity index (χ2n) is 10.6. The van der Waals surface area contributed by atoms with Crippen LogP contribution in [0, 0.1) is 29.1 Å². The monoisotopic (exact) mass is 446 g/mol. The van der Waals surface area contributed by atoms with Gasteiger partial charge in [0.25, 0.3) is 0 Å². The number of rotatable bonds is 6. The molecule has 5 rings (SSSR count). The Hall–Kier alpha value is -2.85. The summed E-state index contributed by atoms with van der Waals surface area (Å²) in [7, 11) is 0. The molecule has 3 aliphatic rings. The highest BCUT2D eigenvalue weighted by molar-refractivity contribution is 5.54. The summed E-state index contributed by atoms with van der Waals surface area (Å²) in [5.74, 6) is 3.93. The molecule has 2 heterocycles. The molecule has 2 saturated carbocycles. The third-order valence-electron chi connectivity index (χ3n) is 7.59. The van der Waals surface area contributed by atoms with E-state index in [-0.39, 0.29) is 5.60 Å². The van der Waals surface area contributed by atoms with Crippen LogP contribution in [0.2, 0.25) is 0 Å². The fourth-order valence-electron chi connectivity index (χ4n) is 6.00. The predicted octanol–water partition coefficient (Wildman–Crippen LogP) is 4.24. The standard InChI is InChI=1S/C26H34N6O/c1-26(2)11-19-7-4-8-20(23(19)33-26)14-30-25-31-15-21(12-27)24(32-25)29-13-16-9-17-5-3-6-18(10-16)22(17)28/h4,7-8,15-18,22H,3,5-6,9-11,13-14,28H2,1-2H3,(H2,29,30,31,32)/t16?,17-,18+,22-. The average Bonchev–Trinajstić information content (AvgIpc) is 3.11. The number of nitrogens with two attached hydrogens (primary N) is 1. The maximum absolute atomic E-state index is 9.55. The van der Waals surface area contributed by atoms with Crippen molar-refractivity contribution in [1.29, 1.82) is 5.26 Å². The van der Waals surface area contributed by atoms with Gasteiger partial charge in [0.1, 0.15) is 28.8 Å². The lowest BCUT2D eigenvalue weighted by atomic mass is 9.65. The van der Waals surface area contributed by atoms with E-state index in [1.807, 2.05) is 0 Å². The van der Waals surface area contributed by atoms with E-state index in [2.05, 4.69) is 58.7 Å². The maximum Gasteiger partial charge on any atom is 0.224 e. The molecule has 0 spiro atoms. The summed E-state index contributed by atoms with van der Waals surface area (Å²) in [6, 6.07) is 8.85. The summed E-state index contributed by atoms with van der Waals surface area (Å²) in [6.45, 7) is 5.60. The first-order chi connectivity index (χ1) is 15.9. The number of anilines is 2. The van der Waals surface area contributed by atoms with Crippen LogP contribution in [0.25, 0.3) is 0 Å². The van der Waals surface area contributed by atoms with Crippen molar-refractivity contribution in [1.82, 2.24) is 9.97 Å². The molecular formula is C26H34N6O.